The first-order valence-corrected chi connectivity index (χ1v) is 11.0. The van der Waals surface area contributed by atoms with Crippen LogP contribution in [0.5, 0.6) is 0 Å². The van der Waals surface area contributed by atoms with E-state index in [9.17, 15) is 9.59 Å². The average Bonchev–Trinajstić information content (AvgIpc) is 3.16. The fourth-order valence-corrected chi connectivity index (χ4v) is 3.96. The normalized spacial score (nSPS) is 14.8. The predicted molar refractivity (Wildman–Crippen MR) is 124 cm³/mol. The summed E-state index contributed by atoms with van der Waals surface area (Å²) in [5.41, 5.74) is 3.96. The van der Waals surface area contributed by atoms with Gasteiger partial charge in [0.15, 0.2) is 5.82 Å². The molecule has 0 amide bonds. The van der Waals surface area contributed by atoms with Crippen molar-refractivity contribution < 1.29 is 23.8 Å². The van der Waals surface area contributed by atoms with Crippen LogP contribution in [0, 0.1) is 6.92 Å². The molecular weight excluding hydrogens is 410 g/mol. The molecule has 1 fully saturated rings. The van der Waals surface area contributed by atoms with Gasteiger partial charge in [0, 0.05) is 24.4 Å². The first-order valence-electron chi connectivity index (χ1n) is 11.0. The molecule has 3 rings (SSSR count). The molecule has 1 aromatic heterocycles. The van der Waals surface area contributed by atoms with Crippen molar-refractivity contribution >= 4 is 34.7 Å². The first kappa shape index (κ1) is 23.5. The van der Waals surface area contributed by atoms with Crippen LogP contribution >= 0.6 is 0 Å². The molecule has 8 heteroatoms. The molecule has 2 heterocycles. The zero-order chi connectivity index (χ0) is 23.3. The van der Waals surface area contributed by atoms with Crippen molar-refractivity contribution in [3.8, 4) is 0 Å². The molecule has 0 bridgehead atoms. The molecule has 1 aliphatic heterocycles. The fraction of sp³-hybridized carbons (Fsp3) is 0.458. The molecule has 0 unspecified atom stereocenters. The summed E-state index contributed by atoms with van der Waals surface area (Å²) in [5, 5.41) is 0. The summed E-state index contributed by atoms with van der Waals surface area (Å²) in [6.07, 6.45) is 1.15. The van der Waals surface area contributed by atoms with E-state index in [4.69, 9.17) is 19.2 Å². The number of hydrogen-bond acceptors (Lipinski definition) is 7. The maximum atomic E-state index is 13.0. The van der Waals surface area contributed by atoms with Gasteiger partial charge in [-0.15, -0.1) is 0 Å². The third-order valence-electron chi connectivity index (χ3n) is 5.47. The number of aryl methyl sites for hydroxylation is 1. The lowest BCUT2D eigenvalue weighted by molar-refractivity contribution is -0.136. The number of benzene rings is 1. The fourth-order valence-electron chi connectivity index (χ4n) is 3.96. The van der Waals surface area contributed by atoms with Crippen LogP contribution in [0.4, 0.5) is 5.69 Å². The molecule has 8 nitrogen and oxygen atoms in total. The van der Waals surface area contributed by atoms with Gasteiger partial charge in [0.1, 0.15) is 11.3 Å². The Morgan fingerprint density at radius 1 is 1.19 bits per heavy atom. The summed E-state index contributed by atoms with van der Waals surface area (Å²) < 4.78 is 17.8. The van der Waals surface area contributed by atoms with Crippen LogP contribution in [0.25, 0.3) is 16.6 Å². The number of morpholine rings is 1. The van der Waals surface area contributed by atoms with E-state index >= 15 is 0 Å². The molecule has 0 saturated carbocycles. The van der Waals surface area contributed by atoms with Crippen molar-refractivity contribution in [1.29, 1.82) is 0 Å². The summed E-state index contributed by atoms with van der Waals surface area (Å²) in [5.74, 6) is 0.0383. The zero-order valence-electron chi connectivity index (χ0n) is 19.3. The van der Waals surface area contributed by atoms with E-state index < -0.39 is 5.97 Å². The number of hydrogen-bond donors (Lipinski definition) is 0. The molecule has 0 atom stereocenters. The number of rotatable bonds is 9. The van der Waals surface area contributed by atoms with Crippen LogP contribution in [0.1, 0.15) is 38.6 Å². The minimum atomic E-state index is -0.560. The van der Waals surface area contributed by atoms with Gasteiger partial charge in [-0.3, -0.25) is 9.36 Å². The molecule has 0 aliphatic carbocycles. The number of carbonyl (C=O) groups is 2. The third kappa shape index (κ3) is 4.55. The van der Waals surface area contributed by atoms with E-state index in [2.05, 4.69) is 11.5 Å². The van der Waals surface area contributed by atoms with Crippen molar-refractivity contribution in [3.63, 3.8) is 0 Å². The third-order valence-corrected chi connectivity index (χ3v) is 5.47. The Bertz CT molecular complexity index is 1050. The van der Waals surface area contributed by atoms with Crippen LogP contribution in [0.2, 0.25) is 0 Å². The van der Waals surface area contributed by atoms with Gasteiger partial charge in [-0.2, -0.15) is 0 Å². The van der Waals surface area contributed by atoms with E-state index in [1.54, 1.807) is 6.92 Å². The van der Waals surface area contributed by atoms with Crippen molar-refractivity contribution in [1.82, 2.24) is 9.55 Å². The van der Waals surface area contributed by atoms with E-state index in [0.717, 1.165) is 24.3 Å². The summed E-state index contributed by atoms with van der Waals surface area (Å²) in [7, 11) is 0. The Kier molecular flexibility index (Phi) is 7.69. The van der Waals surface area contributed by atoms with Gasteiger partial charge in [0.05, 0.1) is 37.5 Å². The topological polar surface area (TPSA) is 82.9 Å². The van der Waals surface area contributed by atoms with Crippen LogP contribution in [0.15, 0.2) is 30.0 Å². The number of imidazole rings is 1. The van der Waals surface area contributed by atoms with E-state index in [1.165, 1.54) is 4.57 Å². The molecule has 32 heavy (non-hydrogen) atoms. The molecule has 0 radical (unpaired) electrons. The van der Waals surface area contributed by atoms with Gasteiger partial charge in [0.2, 0.25) is 6.41 Å². The average molecular weight is 442 g/mol. The lowest BCUT2D eigenvalue weighted by atomic mass is 10.0. The minimum absolute atomic E-state index is 0.196. The van der Waals surface area contributed by atoms with Crippen LogP contribution in [-0.4, -0.2) is 61.4 Å². The van der Waals surface area contributed by atoms with Gasteiger partial charge in [-0.1, -0.05) is 13.5 Å². The molecule has 1 aliphatic rings. The standard InChI is InChI=1S/C24H31N3O5/c1-6-19(17(5)31-7-2)21(24(29)32-8-3)23-25-22-16(4)13-18(14-20(22)27(23)15-28)26-9-11-30-12-10-26/h13-15H,5-12H2,1-4H3/b21-19-. The summed E-state index contributed by atoms with van der Waals surface area (Å²) in [6, 6.07) is 3.98. The Hall–Kier alpha value is -3.13. The number of anilines is 1. The maximum Gasteiger partial charge on any atom is 0.342 e. The number of nitrogens with zero attached hydrogens (tertiary/aromatic N) is 3. The Morgan fingerprint density at radius 3 is 2.47 bits per heavy atom. The summed E-state index contributed by atoms with van der Waals surface area (Å²) in [4.78, 5) is 32.2. The highest BCUT2D eigenvalue weighted by Gasteiger charge is 2.27. The summed E-state index contributed by atoms with van der Waals surface area (Å²) in [6.45, 7) is 14.9. The number of allylic oxidation sites excluding steroid dienone is 1. The van der Waals surface area contributed by atoms with Crippen LogP contribution in [0.3, 0.4) is 0 Å². The second kappa shape index (κ2) is 10.5. The van der Waals surface area contributed by atoms with Crippen molar-refractivity contribution in [3.05, 3.63) is 41.4 Å². The molecular formula is C24H31N3O5. The van der Waals surface area contributed by atoms with Crippen LogP contribution < -0.4 is 4.90 Å². The first-order chi connectivity index (χ1) is 15.5. The quantitative estimate of drug-likeness (QED) is 0.194. The van der Waals surface area contributed by atoms with Crippen molar-refractivity contribution in [2.45, 2.75) is 34.1 Å². The molecule has 172 valence electrons. The monoisotopic (exact) mass is 441 g/mol. The largest absolute Gasteiger partial charge is 0.494 e. The number of ether oxygens (including phenoxy) is 3. The lowest BCUT2D eigenvalue weighted by Crippen LogP contribution is -2.36. The predicted octanol–water partition coefficient (Wildman–Crippen LogP) is 3.50. The highest BCUT2D eigenvalue weighted by Crippen LogP contribution is 2.32. The number of carbonyl (C=O) groups excluding carboxylic acids is 2. The minimum Gasteiger partial charge on any atom is -0.494 e. The Labute approximate surface area is 188 Å². The smallest absolute Gasteiger partial charge is 0.342 e. The van der Waals surface area contributed by atoms with Gasteiger partial charge < -0.3 is 19.1 Å². The van der Waals surface area contributed by atoms with Crippen LogP contribution in [-0.2, 0) is 23.8 Å². The Morgan fingerprint density at radius 2 is 1.88 bits per heavy atom. The van der Waals surface area contributed by atoms with Gasteiger partial charge in [0.25, 0.3) is 0 Å². The molecule has 1 saturated heterocycles. The van der Waals surface area contributed by atoms with E-state index in [0.29, 0.717) is 55.0 Å². The molecule has 0 N–H and O–H groups in total. The number of aromatic nitrogens is 2. The number of esters is 1. The lowest BCUT2D eigenvalue weighted by Gasteiger charge is -2.29. The van der Waals surface area contributed by atoms with Gasteiger partial charge in [-0.05, 0) is 44.9 Å². The second-order valence-corrected chi connectivity index (χ2v) is 7.42. The molecule has 2 aromatic rings. The SMILES string of the molecule is C=C(OCC)/C(CC)=C(\C(=O)OCC)c1nc2c(C)cc(N3CCOCC3)cc2n1C=O. The second-order valence-electron chi connectivity index (χ2n) is 7.42. The zero-order valence-corrected chi connectivity index (χ0v) is 19.3. The maximum absolute atomic E-state index is 13.0. The highest BCUT2D eigenvalue weighted by molar-refractivity contribution is 6.18. The Balaban J connectivity index is 2.25. The number of fused-ring (bicyclic) bond motifs is 1. The van der Waals surface area contributed by atoms with Crippen molar-refractivity contribution in [2.75, 3.05) is 44.4 Å². The molecule has 0 spiro atoms. The highest BCUT2D eigenvalue weighted by atomic mass is 16.5. The van der Waals surface area contributed by atoms with E-state index in [1.807, 2.05) is 32.9 Å². The van der Waals surface area contributed by atoms with E-state index in [-0.39, 0.29) is 18.0 Å². The molecule has 1 aromatic carbocycles. The van der Waals surface area contributed by atoms with Gasteiger partial charge in [-0.25, -0.2) is 9.78 Å². The van der Waals surface area contributed by atoms with Gasteiger partial charge >= 0.3 is 5.97 Å². The van der Waals surface area contributed by atoms with Crippen molar-refractivity contribution in [2.24, 2.45) is 0 Å². The summed E-state index contributed by atoms with van der Waals surface area (Å²) >= 11 is 0.